The summed E-state index contributed by atoms with van der Waals surface area (Å²) in [6.45, 7) is 2.34. The number of rotatable bonds is 7. The molecule has 2 aromatic heterocycles. The Morgan fingerprint density at radius 3 is 1.81 bits per heavy atom. The van der Waals surface area contributed by atoms with E-state index in [1.807, 2.05) is 0 Å². The molecular formula is C14H15ClF5N7. The van der Waals surface area contributed by atoms with Crippen LogP contribution in [0, 0.1) is 5.82 Å². The van der Waals surface area contributed by atoms with Crippen LogP contribution in [0.1, 0.15) is 13.8 Å². The molecule has 0 saturated heterocycles. The highest BCUT2D eigenvalue weighted by atomic mass is 35.5. The predicted octanol–water partition coefficient (Wildman–Crippen LogP) is 3.44. The average molecular weight is 412 g/mol. The second-order valence-corrected chi connectivity index (χ2v) is 5.89. The molecule has 13 heteroatoms. The van der Waals surface area contributed by atoms with Gasteiger partial charge in [-0.25, -0.2) is 26.9 Å². The molecule has 0 aliphatic heterocycles. The summed E-state index contributed by atoms with van der Waals surface area (Å²) in [7, 11) is 0. The van der Waals surface area contributed by atoms with Gasteiger partial charge in [0.1, 0.15) is 11.4 Å². The lowest BCUT2D eigenvalue weighted by Gasteiger charge is -2.16. The van der Waals surface area contributed by atoms with Crippen LogP contribution in [0.4, 0.5) is 39.5 Å². The number of nitrogens with two attached hydrogens (primary N) is 1. The van der Waals surface area contributed by atoms with Crippen LogP contribution in [-0.2, 0) is 0 Å². The molecule has 0 fully saturated rings. The van der Waals surface area contributed by atoms with Crippen molar-refractivity contribution in [3.05, 3.63) is 17.0 Å². The summed E-state index contributed by atoms with van der Waals surface area (Å²) in [5.41, 5.74) is 4.79. The minimum Gasteiger partial charge on any atom is -0.394 e. The third-order valence-corrected chi connectivity index (χ3v) is 3.58. The van der Waals surface area contributed by atoms with Crippen molar-refractivity contribution in [3.63, 3.8) is 0 Å². The number of nitrogen functional groups attached to an aromatic ring is 1. The lowest BCUT2D eigenvalue weighted by molar-refractivity contribution is 0.130. The fourth-order valence-electron chi connectivity index (χ4n) is 1.76. The molecule has 4 N–H and O–H groups in total. The Morgan fingerprint density at radius 1 is 0.926 bits per heavy atom. The van der Waals surface area contributed by atoms with E-state index in [0.717, 1.165) is 6.07 Å². The number of anilines is 3. The molecule has 27 heavy (non-hydrogen) atoms. The molecule has 2 rings (SSSR count). The van der Waals surface area contributed by atoms with E-state index in [4.69, 9.17) is 17.3 Å². The quantitative estimate of drug-likeness (QED) is 0.474. The van der Waals surface area contributed by atoms with Crippen molar-refractivity contribution < 1.29 is 22.0 Å². The molecule has 0 radical (unpaired) electrons. The van der Waals surface area contributed by atoms with Crippen molar-refractivity contribution in [2.75, 3.05) is 16.4 Å². The first kappa shape index (κ1) is 20.8. The van der Waals surface area contributed by atoms with E-state index < -0.39 is 36.4 Å². The SMILES string of the molecule is CC(Nc1nc(NC(C)C(F)F)nc(-c2cc(F)c(N)c(Cl)n2)n1)C(F)F. The second kappa shape index (κ2) is 8.46. The summed E-state index contributed by atoms with van der Waals surface area (Å²) in [4.78, 5) is 15.3. The maximum Gasteiger partial charge on any atom is 0.258 e. The number of pyridine rings is 1. The molecule has 0 bridgehead atoms. The van der Waals surface area contributed by atoms with Gasteiger partial charge in [-0.2, -0.15) is 15.0 Å². The molecule has 0 aliphatic rings. The molecule has 0 aromatic carbocycles. The second-order valence-electron chi connectivity index (χ2n) is 5.53. The molecule has 0 aliphatic carbocycles. The van der Waals surface area contributed by atoms with E-state index in [-0.39, 0.29) is 28.6 Å². The highest BCUT2D eigenvalue weighted by molar-refractivity contribution is 6.31. The third-order valence-electron chi connectivity index (χ3n) is 3.30. The Bertz CT molecular complexity index is 750. The largest absolute Gasteiger partial charge is 0.394 e. The molecule has 2 heterocycles. The van der Waals surface area contributed by atoms with Crippen molar-refractivity contribution in [1.82, 2.24) is 19.9 Å². The van der Waals surface area contributed by atoms with Crippen molar-refractivity contribution >= 4 is 29.2 Å². The van der Waals surface area contributed by atoms with Gasteiger partial charge in [0.15, 0.2) is 16.8 Å². The van der Waals surface area contributed by atoms with Crippen LogP contribution in [0.25, 0.3) is 11.5 Å². The molecule has 0 spiro atoms. The summed E-state index contributed by atoms with van der Waals surface area (Å²) in [5, 5.41) is 4.27. The standard InChI is InChI=1S/C14H15ClF5N7/c1-4(10(17)18)22-13-25-12(7-3-6(16)8(21)9(15)24-7)26-14(27-13)23-5(2)11(19)20/h3-5,10-11H,21H2,1-2H3,(H2,22,23,25,26,27). The lowest BCUT2D eigenvalue weighted by atomic mass is 10.3. The summed E-state index contributed by atoms with van der Waals surface area (Å²) >= 11 is 5.72. The smallest absolute Gasteiger partial charge is 0.258 e. The van der Waals surface area contributed by atoms with Gasteiger partial charge >= 0.3 is 0 Å². The van der Waals surface area contributed by atoms with Gasteiger partial charge in [-0.05, 0) is 13.8 Å². The predicted molar refractivity (Wildman–Crippen MR) is 90.6 cm³/mol. The van der Waals surface area contributed by atoms with Crippen LogP contribution in [-0.4, -0.2) is 44.9 Å². The van der Waals surface area contributed by atoms with Gasteiger partial charge in [0.05, 0.1) is 12.1 Å². The number of aromatic nitrogens is 4. The Labute approximate surface area is 155 Å². The van der Waals surface area contributed by atoms with Gasteiger partial charge < -0.3 is 16.4 Å². The van der Waals surface area contributed by atoms with Gasteiger partial charge in [0, 0.05) is 6.07 Å². The highest BCUT2D eigenvalue weighted by Crippen LogP contribution is 2.25. The number of alkyl halides is 4. The van der Waals surface area contributed by atoms with E-state index in [2.05, 4.69) is 30.6 Å². The summed E-state index contributed by atoms with van der Waals surface area (Å²) in [5.74, 6) is -1.87. The average Bonchev–Trinajstić information content (AvgIpc) is 2.58. The maximum atomic E-state index is 13.8. The monoisotopic (exact) mass is 411 g/mol. The van der Waals surface area contributed by atoms with E-state index in [1.165, 1.54) is 13.8 Å². The number of halogens is 6. The zero-order valence-electron chi connectivity index (χ0n) is 14.0. The number of hydrogen-bond donors (Lipinski definition) is 3. The minimum absolute atomic E-state index is 0.186. The van der Waals surface area contributed by atoms with Crippen molar-refractivity contribution in [2.24, 2.45) is 0 Å². The molecule has 2 aromatic rings. The normalized spacial score (nSPS) is 13.7. The highest BCUT2D eigenvalue weighted by Gasteiger charge is 2.21. The first-order valence-corrected chi connectivity index (χ1v) is 7.93. The molecule has 148 valence electrons. The molecule has 7 nitrogen and oxygen atoms in total. The van der Waals surface area contributed by atoms with Crippen molar-refractivity contribution in [2.45, 2.75) is 38.8 Å². The summed E-state index contributed by atoms with van der Waals surface area (Å²) in [6.07, 6.45) is -5.49. The van der Waals surface area contributed by atoms with E-state index >= 15 is 0 Å². The van der Waals surface area contributed by atoms with Crippen LogP contribution < -0.4 is 16.4 Å². The molecule has 2 unspecified atom stereocenters. The Kier molecular flexibility index (Phi) is 6.52. The molecule has 2 atom stereocenters. The fraction of sp³-hybridized carbons (Fsp3) is 0.429. The van der Waals surface area contributed by atoms with Gasteiger partial charge in [-0.3, -0.25) is 0 Å². The Morgan fingerprint density at radius 2 is 1.41 bits per heavy atom. The van der Waals surface area contributed by atoms with Crippen LogP contribution in [0.5, 0.6) is 0 Å². The molecular weight excluding hydrogens is 397 g/mol. The van der Waals surface area contributed by atoms with Crippen LogP contribution in [0.15, 0.2) is 6.07 Å². The van der Waals surface area contributed by atoms with Crippen molar-refractivity contribution in [1.29, 1.82) is 0 Å². The van der Waals surface area contributed by atoms with Crippen LogP contribution in [0.3, 0.4) is 0 Å². The van der Waals surface area contributed by atoms with E-state index in [0.29, 0.717) is 0 Å². The topological polar surface area (TPSA) is 102 Å². The minimum atomic E-state index is -2.75. The van der Waals surface area contributed by atoms with Crippen LogP contribution >= 0.6 is 11.6 Å². The number of nitrogens with zero attached hydrogens (tertiary/aromatic N) is 4. The first-order chi connectivity index (χ1) is 12.6. The Balaban J connectivity index is 2.48. The van der Waals surface area contributed by atoms with Crippen molar-refractivity contribution in [3.8, 4) is 11.5 Å². The van der Waals surface area contributed by atoms with E-state index in [9.17, 15) is 22.0 Å². The van der Waals surface area contributed by atoms with E-state index in [1.54, 1.807) is 0 Å². The van der Waals surface area contributed by atoms with Gasteiger partial charge in [0.25, 0.3) is 12.9 Å². The summed E-state index contributed by atoms with van der Waals surface area (Å²) < 4.78 is 64.9. The first-order valence-electron chi connectivity index (χ1n) is 7.55. The third kappa shape index (κ3) is 5.25. The van der Waals surface area contributed by atoms with Gasteiger partial charge in [-0.15, -0.1) is 0 Å². The fourth-order valence-corrected chi connectivity index (χ4v) is 1.94. The van der Waals surface area contributed by atoms with Crippen LogP contribution in [0.2, 0.25) is 5.15 Å². The Hall–Kier alpha value is -2.50. The molecule has 0 amide bonds. The zero-order chi connectivity index (χ0) is 20.3. The number of hydrogen-bond acceptors (Lipinski definition) is 7. The lowest BCUT2D eigenvalue weighted by Crippen LogP contribution is -2.27. The zero-order valence-corrected chi connectivity index (χ0v) is 14.8. The summed E-state index contributed by atoms with van der Waals surface area (Å²) in [6, 6.07) is -1.82. The number of nitrogens with one attached hydrogen (secondary N) is 2. The maximum absolute atomic E-state index is 13.8. The van der Waals surface area contributed by atoms with Gasteiger partial charge in [0.2, 0.25) is 11.9 Å². The molecule has 0 saturated carbocycles. The van der Waals surface area contributed by atoms with Gasteiger partial charge in [-0.1, -0.05) is 11.6 Å².